The first-order chi connectivity index (χ1) is 19.9. The highest BCUT2D eigenvalue weighted by Gasteiger charge is 2.30. The van der Waals surface area contributed by atoms with E-state index in [9.17, 15) is 29.0 Å². The van der Waals surface area contributed by atoms with E-state index in [0.717, 1.165) is 19.3 Å². The van der Waals surface area contributed by atoms with E-state index in [1.165, 1.54) is 24.3 Å². The normalized spacial score (nSPS) is 12.6. The summed E-state index contributed by atoms with van der Waals surface area (Å²) in [7, 11) is -4.46. The summed E-state index contributed by atoms with van der Waals surface area (Å²) in [4.78, 5) is 67.3. The Labute approximate surface area is 243 Å². The van der Waals surface area contributed by atoms with Gasteiger partial charge in [0, 0.05) is 11.1 Å². The van der Waals surface area contributed by atoms with Crippen molar-refractivity contribution >= 4 is 31.7 Å². The second-order valence-corrected chi connectivity index (χ2v) is 11.1. The number of amides is 4. The van der Waals surface area contributed by atoms with Crippen molar-refractivity contribution in [3.05, 3.63) is 41.7 Å². The van der Waals surface area contributed by atoms with Gasteiger partial charge in [0.1, 0.15) is 17.8 Å². The lowest BCUT2D eigenvalue weighted by Gasteiger charge is -2.29. The van der Waals surface area contributed by atoms with Crippen LogP contribution in [-0.2, 0) is 14.2 Å². The van der Waals surface area contributed by atoms with Crippen LogP contribution in [0.4, 0.5) is 0 Å². The Bertz CT molecular complexity index is 1260. The Morgan fingerprint density at radius 3 is 2.40 bits per heavy atom. The fraction of sp³-hybridized carbons (Fsp3) is 0.481. The van der Waals surface area contributed by atoms with Crippen LogP contribution in [0.25, 0.3) is 11.3 Å². The molecule has 1 aromatic heterocycles. The minimum Gasteiger partial charge on any atom is -0.494 e. The third-order valence-electron chi connectivity index (χ3n) is 6.34. The van der Waals surface area contributed by atoms with Gasteiger partial charge < -0.3 is 34.9 Å². The van der Waals surface area contributed by atoms with Crippen LogP contribution in [0.5, 0.6) is 5.75 Å². The molecule has 0 aliphatic rings. The SMILES string of the molecule is CCCCCC(C(=O)NCNC(=O)c1ccc(-c2cc(OCC)cc(C(=O)NCP(=O)(O)O)c2)o1)[C@@H](CC)N(O)C=O. The fourth-order valence-electron chi connectivity index (χ4n) is 4.29. The monoisotopic (exact) mass is 610 g/mol. The number of hydrogen-bond acceptors (Lipinski definition) is 8. The number of carbonyl (C=O) groups is 4. The smallest absolute Gasteiger partial charge is 0.344 e. The Balaban J connectivity index is 2.11. The number of unbranched alkanes of at least 4 members (excludes halogenated alkanes) is 2. The lowest BCUT2D eigenvalue weighted by molar-refractivity contribution is -0.168. The minimum absolute atomic E-state index is 0.0596. The third kappa shape index (κ3) is 10.6. The highest BCUT2D eigenvalue weighted by atomic mass is 31.2. The summed E-state index contributed by atoms with van der Waals surface area (Å²) >= 11 is 0. The van der Waals surface area contributed by atoms with Gasteiger partial charge in [-0.25, -0.2) is 5.06 Å². The van der Waals surface area contributed by atoms with Gasteiger partial charge in [-0.3, -0.25) is 29.0 Å². The summed E-state index contributed by atoms with van der Waals surface area (Å²) in [6, 6.07) is 6.61. The quantitative estimate of drug-likeness (QED) is 0.0363. The fourth-order valence-corrected chi connectivity index (χ4v) is 4.64. The number of hydrogen-bond donors (Lipinski definition) is 6. The molecular weight excluding hydrogens is 571 g/mol. The molecule has 15 heteroatoms. The zero-order chi connectivity index (χ0) is 31.3. The number of nitrogens with zero attached hydrogens (tertiary/aromatic N) is 1. The van der Waals surface area contributed by atoms with E-state index in [1.54, 1.807) is 19.9 Å². The van der Waals surface area contributed by atoms with Crippen LogP contribution in [0.15, 0.2) is 34.7 Å². The maximum Gasteiger partial charge on any atom is 0.344 e. The van der Waals surface area contributed by atoms with Crippen LogP contribution in [0.3, 0.4) is 0 Å². The van der Waals surface area contributed by atoms with Crippen LogP contribution in [0, 0.1) is 5.92 Å². The number of furan rings is 1. The lowest BCUT2D eigenvalue weighted by Crippen LogP contribution is -2.47. The molecule has 2 atom stereocenters. The average molecular weight is 611 g/mol. The van der Waals surface area contributed by atoms with Crippen molar-refractivity contribution in [1.82, 2.24) is 21.0 Å². The maximum absolute atomic E-state index is 12.9. The molecule has 0 radical (unpaired) electrons. The van der Waals surface area contributed by atoms with E-state index in [2.05, 4.69) is 16.0 Å². The van der Waals surface area contributed by atoms with Gasteiger partial charge in [-0.15, -0.1) is 0 Å². The third-order valence-corrected chi connectivity index (χ3v) is 6.91. The molecule has 232 valence electrons. The topological polar surface area (TPSA) is 208 Å². The van der Waals surface area contributed by atoms with Gasteiger partial charge in [-0.2, -0.15) is 0 Å². The number of benzene rings is 1. The Morgan fingerprint density at radius 2 is 1.79 bits per heavy atom. The molecule has 14 nitrogen and oxygen atoms in total. The molecule has 4 amide bonds. The van der Waals surface area contributed by atoms with E-state index in [4.69, 9.17) is 18.9 Å². The van der Waals surface area contributed by atoms with Gasteiger partial charge >= 0.3 is 7.60 Å². The molecule has 0 saturated heterocycles. The number of ether oxygens (including phenoxy) is 1. The van der Waals surface area contributed by atoms with Gasteiger partial charge in [0.25, 0.3) is 11.8 Å². The molecule has 6 N–H and O–H groups in total. The van der Waals surface area contributed by atoms with Crippen molar-refractivity contribution in [2.24, 2.45) is 5.92 Å². The van der Waals surface area contributed by atoms with Crippen molar-refractivity contribution in [3.8, 4) is 17.1 Å². The highest BCUT2D eigenvalue weighted by molar-refractivity contribution is 7.51. The van der Waals surface area contributed by atoms with Crippen molar-refractivity contribution in [2.75, 3.05) is 19.6 Å². The van der Waals surface area contributed by atoms with Gasteiger partial charge in [0.2, 0.25) is 12.3 Å². The Morgan fingerprint density at radius 1 is 1.05 bits per heavy atom. The summed E-state index contributed by atoms with van der Waals surface area (Å²) < 4.78 is 22.3. The molecule has 1 heterocycles. The molecular formula is C27H39N4O10P. The van der Waals surface area contributed by atoms with Crippen molar-refractivity contribution in [2.45, 2.75) is 58.9 Å². The summed E-state index contributed by atoms with van der Waals surface area (Å²) in [6.45, 7) is 5.58. The van der Waals surface area contributed by atoms with Crippen LogP contribution in [-0.4, -0.2) is 69.8 Å². The molecule has 0 spiro atoms. The summed E-state index contributed by atoms with van der Waals surface area (Å²) in [5, 5.41) is 17.8. The molecule has 2 aromatic rings. The summed E-state index contributed by atoms with van der Waals surface area (Å²) in [5.41, 5.74) is 0.434. The van der Waals surface area contributed by atoms with E-state index < -0.39 is 43.6 Å². The number of hydroxylamine groups is 2. The highest BCUT2D eigenvalue weighted by Crippen LogP contribution is 2.33. The molecule has 0 saturated carbocycles. The van der Waals surface area contributed by atoms with Crippen molar-refractivity contribution in [1.29, 1.82) is 0 Å². The standard InChI is InChI=1S/C27H39N4O10P/c1-4-7-8-9-21(22(5-2)31(36)17-32)26(34)28-15-29-27(35)24-11-10-23(41-24)18-12-19(14-20(13-18)40-6-3)25(33)30-16-42(37,38)39/h10-14,17,21-22,36H,4-9,15-16H2,1-3H3,(H,28,34)(H,29,35)(H,30,33)(H2,37,38,39)/t21?,22-/m1/s1. The van der Waals surface area contributed by atoms with Crippen LogP contribution in [0.2, 0.25) is 0 Å². The maximum atomic E-state index is 12.9. The molecule has 0 bridgehead atoms. The molecule has 0 aliphatic heterocycles. The van der Waals surface area contributed by atoms with Gasteiger partial charge in [-0.1, -0.05) is 33.1 Å². The first-order valence-electron chi connectivity index (χ1n) is 13.6. The Kier molecular flexibility index (Phi) is 13.7. The van der Waals surface area contributed by atoms with Gasteiger partial charge in [-0.05, 0) is 50.1 Å². The molecule has 2 rings (SSSR count). The summed E-state index contributed by atoms with van der Waals surface area (Å²) in [5.74, 6) is -2.02. The molecule has 42 heavy (non-hydrogen) atoms. The van der Waals surface area contributed by atoms with Crippen LogP contribution in [0.1, 0.15) is 73.8 Å². The molecule has 1 unspecified atom stereocenters. The van der Waals surface area contributed by atoms with Gasteiger partial charge in [0.05, 0.1) is 25.2 Å². The lowest BCUT2D eigenvalue weighted by atomic mass is 9.90. The molecule has 0 fully saturated rings. The van der Waals surface area contributed by atoms with E-state index in [1.807, 2.05) is 6.92 Å². The summed E-state index contributed by atoms with van der Waals surface area (Å²) in [6.07, 6.45) is 2.80. The predicted molar refractivity (Wildman–Crippen MR) is 152 cm³/mol. The first-order valence-corrected chi connectivity index (χ1v) is 15.4. The van der Waals surface area contributed by atoms with E-state index in [-0.39, 0.29) is 36.8 Å². The molecule has 1 aromatic carbocycles. The Hall–Kier alpha value is -3.71. The van der Waals surface area contributed by atoms with Crippen LogP contribution < -0.4 is 20.7 Å². The van der Waals surface area contributed by atoms with Crippen molar-refractivity contribution < 1.29 is 47.9 Å². The average Bonchev–Trinajstić information content (AvgIpc) is 3.45. The number of carbonyl (C=O) groups excluding carboxylic acids is 4. The van der Waals surface area contributed by atoms with Crippen molar-refractivity contribution in [3.63, 3.8) is 0 Å². The van der Waals surface area contributed by atoms with Gasteiger partial charge in [0.15, 0.2) is 5.76 Å². The van der Waals surface area contributed by atoms with Crippen LogP contribution >= 0.6 is 7.60 Å². The number of nitrogens with one attached hydrogen (secondary N) is 3. The molecule has 0 aliphatic carbocycles. The zero-order valence-electron chi connectivity index (χ0n) is 23.9. The number of rotatable bonds is 18. The van der Waals surface area contributed by atoms with E-state index in [0.29, 0.717) is 29.2 Å². The zero-order valence-corrected chi connectivity index (χ0v) is 24.8. The predicted octanol–water partition coefficient (Wildman–Crippen LogP) is 2.84. The second-order valence-electron chi connectivity index (χ2n) is 9.46. The first kappa shape index (κ1) is 34.5. The van der Waals surface area contributed by atoms with E-state index >= 15 is 0 Å². The largest absolute Gasteiger partial charge is 0.494 e. The second kappa shape index (κ2) is 16.7. The minimum atomic E-state index is -4.46.